The van der Waals surface area contributed by atoms with Gasteiger partial charge in [-0.1, -0.05) is 151 Å². The molecule has 1 heterocycles. The molecule has 47 heteroatoms. The topological polar surface area (TPSA) is 632 Å². The number of hydrogen-bond donors (Lipinski definition) is 11. The van der Waals surface area contributed by atoms with Crippen LogP contribution in [0.15, 0.2) is 36.5 Å². The van der Waals surface area contributed by atoms with Crippen molar-refractivity contribution < 1.29 is 186 Å². The summed E-state index contributed by atoms with van der Waals surface area (Å²) in [5.41, 5.74) is -2.41. The maximum Gasteiger partial charge on any atom is 0.469 e. The van der Waals surface area contributed by atoms with Crippen LogP contribution in [0.4, 0.5) is 0 Å². The Kier molecular flexibility index (Phi) is 92.7. The predicted molar refractivity (Wildman–Crippen MR) is 563 cm³/mol. The number of aliphatic hydroxyl groups excluding tert-OH is 1. The van der Waals surface area contributed by atoms with Gasteiger partial charge in [-0.15, -0.1) is 0 Å². The van der Waals surface area contributed by atoms with E-state index in [0.29, 0.717) is 75.1 Å². The quantitative estimate of drug-likeness (QED) is 0.00886. The summed E-state index contributed by atoms with van der Waals surface area (Å²) in [7, 11) is -9.82. The molecule has 0 aromatic heterocycles. The molecule has 0 aromatic carbocycles. The lowest BCUT2D eigenvalue weighted by molar-refractivity contribution is -0.159. The van der Waals surface area contributed by atoms with E-state index >= 15 is 0 Å². The van der Waals surface area contributed by atoms with Crippen molar-refractivity contribution in [3.8, 4) is 0 Å². The lowest BCUT2D eigenvalue weighted by Crippen LogP contribution is -2.43. The van der Waals surface area contributed by atoms with E-state index in [4.69, 9.17) is 86.9 Å². The van der Waals surface area contributed by atoms with Crippen LogP contribution < -0.4 is 16.0 Å². The first-order valence-corrected chi connectivity index (χ1v) is 54.5. The van der Waals surface area contributed by atoms with E-state index in [1.54, 1.807) is 102 Å². The van der Waals surface area contributed by atoms with E-state index in [9.17, 15) is 85.6 Å². The summed E-state index contributed by atoms with van der Waals surface area (Å²) in [6, 6.07) is 0.265. The Morgan fingerprint density at radius 1 is 0.372 bits per heavy atom. The van der Waals surface area contributed by atoms with Crippen molar-refractivity contribution in [1.82, 2.24) is 25.8 Å². The van der Waals surface area contributed by atoms with Crippen molar-refractivity contribution >= 4 is 113 Å². The van der Waals surface area contributed by atoms with Crippen LogP contribution in [0.2, 0.25) is 0 Å². The molecular weight excluding hydrogens is 2000 g/mol. The number of phosphoric ester groups is 3. The number of amides is 5. The van der Waals surface area contributed by atoms with Gasteiger partial charge in [0.1, 0.15) is 52.9 Å². The normalized spacial score (nSPS) is 12.6. The van der Waals surface area contributed by atoms with E-state index < -0.39 is 98.3 Å². The number of carboxylic acid groups (broad SMARTS) is 1. The highest BCUT2D eigenvalue weighted by atomic mass is 31.2. The molecule has 0 radical (unpaired) electrons. The van der Waals surface area contributed by atoms with E-state index in [1.807, 2.05) is 157 Å². The molecule has 872 valence electrons. The van der Waals surface area contributed by atoms with E-state index in [1.165, 1.54) is 0 Å². The number of carbonyl (C=O) groups excluding carboxylic acids is 14. The summed E-state index contributed by atoms with van der Waals surface area (Å²) in [6.45, 7) is 75.8. The van der Waals surface area contributed by atoms with Crippen molar-refractivity contribution in [2.75, 3.05) is 139 Å². The second-order valence-corrected chi connectivity index (χ2v) is 42.7. The van der Waals surface area contributed by atoms with Crippen molar-refractivity contribution in [1.29, 1.82) is 0 Å². The predicted octanol–water partition coefficient (Wildman–Crippen LogP) is 14.6. The monoisotopic (exact) mass is 2190 g/mol. The molecule has 1 saturated heterocycles. The zero-order valence-corrected chi connectivity index (χ0v) is 98.8. The maximum atomic E-state index is 11.7. The van der Waals surface area contributed by atoms with Gasteiger partial charge in [0.2, 0.25) is 29.5 Å². The molecule has 1 aliphatic heterocycles. The summed E-state index contributed by atoms with van der Waals surface area (Å²) in [5.74, 6) is -3.28. The molecule has 0 aliphatic carbocycles. The highest BCUT2D eigenvalue weighted by Crippen LogP contribution is 2.37. The van der Waals surface area contributed by atoms with Gasteiger partial charge in [0.05, 0.1) is 92.3 Å². The fraction of sp³-hybridized carbons (Fsp3) is 0.792. The summed E-state index contributed by atoms with van der Waals surface area (Å²) in [6.07, 6.45) is 8.85. The number of aliphatic carboxylic acids is 1. The van der Waals surface area contributed by atoms with Crippen LogP contribution in [0.1, 0.15) is 319 Å². The van der Waals surface area contributed by atoms with E-state index in [0.717, 1.165) is 58.0 Å². The Morgan fingerprint density at radius 3 is 0.858 bits per heavy atom. The Hall–Kier alpha value is -8.48. The molecule has 5 amide bonds. The van der Waals surface area contributed by atoms with Crippen molar-refractivity contribution in [3.63, 3.8) is 0 Å². The average Bonchev–Trinajstić information content (AvgIpc) is 0.879. The number of esters is 9. The molecule has 0 spiro atoms. The van der Waals surface area contributed by atoms with Gasteiger partial charge in [0.25, 0.3) is 0 Å². The number of hydrogen-bond acceptors (Lipinski definition) is 32. The minimum Gasteiger partial charge on any atom is -0.481 e. The summed E-state index contributed by atoms with van der Waals surface area (Å²) < 4.78 is 91.9. The minimum atomic E-state index is -4.46. The second kappa shape index (κ2) is 86.0. The van der Waals surface area contributed by atoms with Crippen LogP contribution in [0.25, 0.3) is 0 Å². The number of carbonyl (C=O) groups is 15. The highest BCUT2D eigenvalue weighted by Gasteiger charge is 2.33. The van der Waals surface area contributed by atoms with Crippen LogP contribution >= 0.6 is 23.5 Å². The molecule has 4 atom stereocenters. The number of nitrogens with zero attached hydrogens (tertiary/aromatic N) is 2. The average molecular weight is 2200 g/mol. The maximum absolute atomic E-state index is 11.7. The smallest absolute Gasteiger partial charge is 0.469 e. The summed E-state index contributed by atoms with van der Waals surface area (Å²) >= 11 is 0. The van der Waals surface area contributed by atoms with Crippen LogP contribution in [0, 0.1) is 61.6 Å². The Morgan fingerprint density at radius 2 is 0.635 bits per heavy atom. The van der Waals surface area contributed by atoms with Gasteiger partial charge in [-0.25, -0.2) is 28.1 Å². The summed E-state index contributed by atoms with van der Waals surface area (Å²) in [5, 5.41) is 24.9. The number of phosphoric acid groups is 3. The van der Waals surface area contributed by atoms with Crippen LogP contribution in [-0.4, -0.2) is 284 Å². The molecule has 44 nitrogen and oxygen atoms in total. The lowest BCUT2D eigenvalue weighted by atomic mass is 9.89. The lowest BCUT2D eigenvalue weighted by Gasteiger charge is -2.28. The summed E-state index contributed by atoms with van der Waals surface area (Å²) in [4.78, 5) is 222. The minimum absolute atomic E-state index is 0.0237. The molecule has 1 rings (SSSR count). The first-order valence-electron chi connectivity index (χ1n) is 49.9. The van der Waals surface area contributed by atoms with Gasteiger partial charge in [0, 0.05) is 85.0 Å². The van der Waals surface area contributed by atoms with E-state index in [2.05, 4.69) is 49.3 Å². The molecule has 0 aromatic rings. The molecular formula is C101H194N5O39P3. The number of morpholine rings is 1. The van der Waals surface area contributed by atoms with Gasteiger partial charge < -0.3 is 113 Å². The van der Waals surface area contributed by atoms with Crippen LogP contribution in [0.3, 0.4) is 0 Å². The van der Waals surface area contributed by atoms with Gasteiger partial charge in [0.15, 0.2) is 0 Å². The number of carboxylic acids is 1. The van der Waals surface area contributed by atoms with Gasteiger partial charge in [-0.3, -0.25) is 71.1 Å². The first kappa shape index (κ1) is 160. The fourth-order valence-corrected chi connectivity index (χ4v) is 8.85. The van der Waals surface area contributed by atoms with Gasteiger partial charge >= 0.3 is 83.2 Å². The SMILES string of the molecule is C=C(C)C(=O)OCCCC(=O)OCCOC(=O)C(C)(C)CC.C=C(C)C(=O)OCCNC(=O)C(C)(C)CC.C=C(C)C(=O)OCCNC(=O)C(C)(C)CC.CCC(C)(C)C(=O)OCCO.CCC(C)(C)C(=O)OCCOP(=O)(O)O.CCC(C)(C)C(=O)OCCOP(=O)(O)O.CCC(C)(C)C(=O)OCCOP(=O)(O)O.CCC(C)C(=O)N(C)C.CCC(C)C(=O)N1CCOCC1.CCC(C)C(=O)NC(C)C.CCC(C)C(=O)O. The zero-order chi connectivity index (χ0) is 118. The van der Waals surface area contributed by atoms with Crippen molar-refractivity contribution in [3.05, 3.63) is 36.5 Å². The molecule has 4 unspecified atom stereocenters. The molecule has 1 aliphatic rings. The van der Waals surface area contributed by atoms with Gasteiger partial charge in [-0.2, -0.15) is 0 Å². The Balaban J connectivity index is -0.000000179. The highest BCUT2D eigenvalue weighted by molar-refractivity contribution is 7.46. The number of aliphatic hydroxyl groups is 1. The first-order chi connectivity index (χ1) is 67.5. The standard InChI is InChI=1S/C16H26O6.2C12H21NO3.C9H17NO2.C8H17NO.3C8H17O6P.C8H16O3.C7H15NO.C5H10O2/c1-6-16(4,5)15(19)22-11-10-20-13(17)8-7-9-21-14(18)12(2)3;2*1-6-12(4,5)11(15)13-7-8-16-10(14)9(2)3;1-3-8(2)9(11)10-4-6-12-7-5-10;1-5-7(4)8(10)9-6(2)3;3*1-4-8(2,3)7(9)13-5-6-14-15(10,11)12;1-4-8(2,3)7(10)11-6-5-9;1-5-6(2)7(9)8(3)4;1-3-4(2)5(6)7/h2,6-11H2,1,3-5H3;2*2,6-8H2,1,3-5H3,(H,13,15);8H,3-7H2,1-2H3;6-7H,5H2,1-4H3,(H,9,10);3*4-6H2,1-3H3,(H2,10,11,12);9H,4-6H2,1-3H3;6H,5H2,1-4H3;4H,3H2,1-2H3,(H,6,7). The third kappa shape index (κ3) is 92.4. The third-order valence-corrected chi connectivity index (χ3v) is 23.8. The molecule has 0 saturated carbocycles. The molecule has 1 fully saturated rings. The molecule has 148 heavy (non-hydrogen) atoms. The number of nitrogens with one attached hydrogen (secondary N) is 3. The van der Waals surface area contributed by atoms with Crippen molar-refractivity contribution in [2.24, 2.45) is 61.6 Å². The number of ether oxygens (including phenoxy) is 10. The van der Waals surface area contributed by atoms with Gasteiger partial charge in [-0.05, 0) is 181 Å². The zero-order valence-electron chi connectivity index (χ0n) is 96.1. The van der Waals surface area contributed by atoms with Crippen molar-refractivity contribution in [2.45, 2.75) is 325 Å². The second-order valence-electron chi connectivity index (χ2n) is 39.0. The molecule has 11 N–H and O–H groups in total. The van der Waals surface area contributed by atoms with E-state index in [-0.39, 0.29) is 174 Å². The van der Waals surface area contributed by atoms with Crippen LogP contribution in [0.5, 0.6) is 0 Å². The van der Waals surface area contributed by atoms with Crippen LogP contribution in [-0.2, 0) is 147 Å². The Bertz CT molecular complexity index is 3800. The number of rotatable bonds is 53. The molecule has 0 bridgehead atoms. The third-order valence-electron chi connectivity index (χ3n) is 22.2. The fourth-order valence-electron chi connectivity index (χ4n) is 7.91. The largest absolute Gasteiger partial charge is 0.481 e. The Labute approximate surface area is 882 Å².